The molecule has 0 aliphatic heterocycles. The highest BCUT2D eigenvalue weighted by molar-refractivity contribution is 7.92. The molecule has 2 aromatic carbocycles. The van der Waals surface area contributed by atoms with Crippen molar-refractivity contribution in [3.63, 3.8) is 0 Å². The molecule has 0 atom stereocenters. The van der Waals surface area contributed by atoms with Gasteiger partial charge in [0.2, 0.25) is 0 Å². The van der Waals surface area contributed by atoms with Gasteiger partial charge in [-0.05, 0) is 60.2 Å². The highest BCUT2D eigenvalue weighted by Gasteiger charge is 2.16. The van der Waals surface area contributed by atoms with E-state index in [1.54, 1.807) is 48.8 Å². The zero-order valence-corrected chi connectivity index (χ0v) is 16.0. The first-order valence-electron chi connectivity index (χ1n) is 8.02. The van der Waals surface area contributed by atoms with E-state index >= 15 is 0 Å². The van der Waals surface area contributed by atoms with Gasteiger partial charge in [0.25, 0.3) is 10.0 Å². The summed E-state index contributed by atoms with van der Waals surface area (Å²) in [6.45, 7) is 0. The topological polar surface area (TPSA) is 68.3 Å². The monoisotopic (exact) mass is 400 g/mol. The van der Waals surface area contributed by atoms with Crippen LogP contribution in [0.5, 0.6) is 5.75 Å². The molecule has 138 valence electrons. The van der Waals surface area contributed by atoms with Gasteiger partial charge >= 0.3 is 0 Å². The summed E-state index contributed by atoms with van der Waals surface area (Å²) in [5.74, 6) is 0.585. The van der Waals surface area contributed by atoms with E-state index < -0.39 is 10.0 Å². The quantitative estimate of drug-likeness (QED) is 0.650. The summed E-state index contributed by atoms with van der Waals surface area (Å²) in [5.41, 5.74) is 2.02. The smallest absolute Gasteiger partial charge is 0.261 e. The number of rotatable bonds is 6. The number of pyridine rings is 1. The average molecular weight is 401 g/mol. The molecule has 0 amide bonds. The van der Waals surface area contributed by atoms with Crippen molar-refractivity contribution < 1.29 is 13.2 Å². The first-order valence-corrected chi connectivity index (χ1v) is 9.88. The minimum Gasteiger partial charge on any atom is -0.497 e. The fourth-order valence-electron chi connectivity index (χ4n) is 2.38. The van der Waals surface area contributed by atoms with Crippen LogP contribution in [0.1, 0.15) is 11.1 Å². The fraction of sp³-hybridized carbons (Fsp3) is 0.0500. The van der Waals surface area contributed by atoms with Crippen LogP contribution in [0.2, 0.25) is 5.02 Å². The van der Waals surface area contributed by atoms with Crippen molar-refractivity contribution in [3.8, 4) is 5.75 Å². The molecule has 1 aromatic heterocycles. The normalized spacial score (nSPS) is 11.5. The van der Waals surface area contributed by atoms with Crippen LogP contribution in [-0.2, 0) is 10.0 Å². The van der Waals surface area contributed by atoms with E-state index in [0.717, 1.165) is 5.56 Å². The van der Waals surface area contributed by atoms with Crippen molar-refractivity contribution in [1.82, 2.24) is 4.98 Å². The van der Waals surface area contributed by atoms with Crippen LogP contribution in [0.25, 0.3) is 12.2 Å². The third kappa shape index (κ3) is 4.87. The van der Waals surface area contributed by atoms with Gasteiger partial charge < -0.3 is 4.74 Å². The third-order valence-electron chi connectivity index (χ3n) is 3.79. The molecule has 0 aliphatic carbocycles. The number of sulfonamides is 1. The molecule has 27 heavy (non-hydrogen) atoms. The SMILES string of the molecule is COc1ccc(S(=O)(=O)Nc2ccc(Cl)cc2C=Cc2ccncc2)cc1. The average Bonchev–Trinajstić information content (AvgIpc) is 2.69. The predicted molar refractivity (Wildman–Crippen MR) is 108 cm³/mol. The van der Waals surface area contributed by atoms with Crippen LogP contribution in [0.4, 0.5) is 5.69 Å². The second-order valence-electron chi connectivity index (χ2n) is 5.63. The Labute approximate surface area is 163 Å². The molecule has 0 radical (unpaired) electrons. The maximum Gasteiger partial charge on any atom is 0.261 e. The largest absolute Gasteiger partial charge is 0.497 e. The molecule has 5 nitrogen and oxygen atoms in total. The summed E-state index contributed by atoms with van der Waals surface area (Å²) in [6, 6.07) is 14.8. The Morgan fingerprint density at radius 1 is 1.00 bits per heavy atom. The van der Waals surface area contributed by atoms with Crippen LogP contribution < -0.4 is 9.46 Å². The molecule has 0 spiro atoms. The molecule has 3 aromatic rings. The highest BCUT2D eigenvalue weighted by atomic mass is 35.5. The van der Waals surface area contributed by atoms with E-state index in [9.17, 15) is 8.42 Å². The predicted octanol–water partition coefficient (Wildman–Crippen LogP) is 4.71. The van der Waals surface area contributed by atoms with E-state index in [-0.39, 0.29) is 4.90 Å². The molecular formula is C20H17ClN2O3S. The van der Waals surface area contributed by atoms with Gasteiger partial charge in [-0.1, -0.05) is 23.8 Å². The fourth-order valence-corrected chi connectivity index (χ4v) is 3.65. The van der Waals surface area contributed by atoms with Gasteiger partial charge in [-0.3, -0.25) is 9.71 Å². The van der Waals surface area contributed by atoms with Crippen molar-refractivity contribution in [3.05, 3.63) is 83.1 Å². The zero-order chi connectivity index (χ0) is 19.3. The Balaban J connectivity index is 1.91. The van der Waals surface area contributed by atoms with Gasteiger partial charge in [0, 0.05) is 23.0 Å². The van der Waals surface area contributed by atoms with Crippen LogP contribution in [-0.4, -0.2) is 20.5 Å². The number of anilines is 1. The summed E-state index contributed by atoms with van der Waals surface area (Å²) in [4.78, 5) is 4.11. The summed E-state index contributed by atoms with van der Waals surface area (Å²) < 4.78 is 33.1. The van der Waals surface area contributed by atoms with Gasteiger partial charge in [-0.2, -0.15) is 0 Å². The molecule has 0 unspecified atom stereocenters. The molecule has 3 rings (SSSR count). The third-order valence-corrected chi connectivity index (χ3v) is 5.41. The Kier molecular flexibility index (Phi) is 5.78. The Morgan fingerprint density at radius 3 is 2.37 bits per heavy atom. The minimum atomic E-state index is -3.75. The standard InChI is InChI=1S/C20H17ClN2O3S/c1-26-18-5-7-19(8-6-18)27(24,25)23-20-9-4-17(21)14-16(20)3-2-15-10-12-22-13-11-15/h2-14,23H,1H3. The summed E-state index contributed by atoms with van der Waals surface area (Å²) in [6.07, 6.45) is 7.03. The number of aromatic nitrogens is 1. The molecule has 0 saturated heterocycles. The number of benzene rings is 2. The van der Waals surface area contributed by atoms with Crippen molar-refractivity contribution in [1.29, 1.82) is 0 Å². The summed E-state index contributed by atoms with van der Waals surface area (Å²) in [7, 11) is -2.22. The first-order chi connectivity index (χ1) is 13.0. The molecule has 0 aliphatic rings. The lowest BCUT2D eigenvalue weighted by Crippen LogP contribution is -2.13. The Bertz CT molecular complexity index is 1050. The minimum absolute atomic E-state index is 0.141. The number of nitrogens with zero attached hydrogens (tertiary/aromatic N) is 1. The molecule has 1 N–H and O–H groups in total. The van der Waals surface area contributed by atoms with Crippen LogP contribution in [0.15, 0.2) is 71.9 Å². The lowest BCUT2D eigenvalue weighted by atomic mass is 10.1. The van der Waals surface area contributed by atoms with Gasteiger partial charge in [-0.15, -0.1) is 0 Å². The van der Waals surface area contributed by atoms with E-state index in [1.807, 2.05) is 18.2 Å². The molecule has 0 bridgehead atoms. The first kappa shape index (κ1) is 18.9. The number of hydrogen-bond acceptors (Lipinski definition) is 4. The molecule has 0 saturated carbocycles. The highest BCUT2D eigenvalue weighted by Crippen LogP contribution is 2.26. The van der Waals surface area contributed by atoms with E-state index in [4.69, 9.17) is 16.3 Å². The number of nitrogens with one attached hydrogen (secondary N) is 1. The Morgan fingerprint density at radius 2 is 1.70 bits per heavy atom. The van der Waals surface area contributed by atoms with E-state index in [1.165, 1.54) is 19.2 Å². The number of hydrogen-bond donors (Lipinski definition) is 1. The number of methoxy groups -OCH3 is 1. The summed E-state index contributed by atoms with van der Waals surface area (Å²) >= 11 is 6.09. The van der Waals surface area contributed by atoms with Gasteiger partial charge in [0.15, 0.2) is 0 Å². The van der Waals surface area contributed by atoms with Crippen molar-refractivity contribution in [2.75, 3.05) is 11.8 Å². The number of halogens is 1. The van der Waals surface area contributed by atoms with Gasteiger partial charge in [0.1, 0.15) is 5.75 Å². The Hall–Kier alpha value is -2.83. The zero-order valence-electron chi connectivity index (χ0n) is 14.5. The molecular weight excluding hydrogens is 384 g/mol. The van der Waals surface area contributed by atoms with Gasteiger partial charge in [-0.25, -0.2) is 8.42 Å². The number of ether oxygens (including phenoxy) is 1. The van der Waals surface area contributed by atoms with Crippen LogP contribution in [0, 0.1) is 0 Å². The van der Waals surface area contributed by atoms with Crippen molar-refractivity contribution >= 4 is 39.5 Å². The molecule has 7 heteroatoms. The maximum absolute atomic E-state index is 12.7. The van der Waals surface area contributed by atoms with E-state index in [0.29, 0.717) is 22.0 Å². The van der Waals surface area contributed by atoms with Gasteiger partial charge in [0.05, 0.1) is 17.7 Å². The molecule has 1 heterocycles. The second-order valence-corrected chi connectivity index (χ2v) is 7.75. The van der Waals surface area contributed by atoms with Crippen LogP contribution in [0.3, 0.4) is 0 Å². The van der Waals surface area contributed by atoms with Crippen molar-refractivity contribution in [2.24, 2.45) is 0 Å². The maximum atomic E-state index is 12.7. The molecule has 0 fully saturated rings. The van der Waals surface area contributed by atoms with E-state index in [2.05, 4.69) is 9.71 Å². The van der Waals surface area contributed by atoms with Crippen LogP contribution >= 0.6 is 11.6 Å². The van der Waals surface area contributed by atoms with Crippen molar-refractivity contribution in [2.45, 2.75) is 4.90 Å². The second kappa shape index (κ2) is 8.24. The summed E-state index contributed by atoms with van der Waals surface area (Å²) in [5, 5.41) is 0.511. The lowest BCUT2D eigenvalue weighted by Gasteiger charge is -2.12. The lowest BCUT2D eigenvalue weighted by molar-refractivity contribution is 0.414.